The van der Waals surface area contributed by atoms with Gasteiger partial charge in [0.15, 0.2) is 0 Å². The average molecular weight is 216 g/mol. The van der Waals surface area contributed by atoms with Gasteiger partial charge in [-0.1, -0.05) is 30.3 Å². The second kappa shape index (κ2) is 6.32. The van der Waals surface area contributed by atoms with Gasteiger partial charge in [0.25, 0.3) is 0 Å². The third-order valence-corrected chi connectivity index (χ3v) is 1.83. The lowest BCUT2D eigenvalue weighted by atomic mass is 10.2. The maximum atomic E-state index is 11.2. The van der Waals surface area contributed by atoms with E-state index in [1.54, 1.807) is 13.0 Å². The van der Waals surface area contributed by atoms with E-state index in [2.05, 4.69) is 4.79 Å². The normalized spacial score (nSPS) is 9.81. The van der Waals surface area contributed by atoms with Gasteiger partial charge in [-0.3, -0.25) is 0 Å². The van der Waals surface area contributed by atoms with Crippen molar-refractivity contribution in [1.29, 1.82) is 0 Å². The van der Waals surface area contributed by atoms with Crippen LogP contribution in [0, 0.1) is 0 Å². The molecule has 0 radical (unpaired) electrons. The third kappa shape index (κ3) is 3.52. The summed E-state index contributed by atoms with van der Waals surface area (Å²) in [6.07, 6.45) is 3.08. The minimum absolute atomic E-state index is 0.120. The highest BCUT2D eigenvalue weighted by Crippen LogP contribution is 2.01. The maximum absolute atomic E-state index is 11.2. The smallest absolute Gasteiger partial charge is 0.421 e. The predicted molar refractivity (Wildman–Crippen MR) is 60.7 cm³/mol. The van der Waals surface area contributed by atoms with Crippen molar-refractivity contribution in [2.24, 2.45) is 0 Å². The summed E-state index contributed by atoms with van der Waals surface area (Å²) in [6.45, 7) is 1.94. The molecule has 82 valence electrons. The lowest BCUT2D eigenvalue weighted by molar-refractivity contribution is -0.139. The average Bonchev–Trinajstić information content (AvgIpc) is 2.31. The van der Waals surface area contributed by atoms with Gasteiger partial charge in [-0.2, -0.15) is 4.79 Å². The molecule has 0 unspecified atom stereocenters. The third-order valence-electron chi connectivity index (χ3n) is 1.83. The fourth-order valence-electron chi connectivity index (χ4n) is 1.09. The van der Waals surface area contributed by atoms with Crippen molar-refractivity contribution in [3.8, 4) is 0 Å². The van der Waals surface area contributed by atoms with Gasteiger partial charge in [0.1, 0.15) is 0 Å². The molecule has 1 aromatic carbocycles. The van der Waals surface area contributed by atoms with E-state index in [-0.39, 0.29) is 12.3 Å². The van der Waals surface area contributed by atoms with Crippen molar-refractivity contribution in [2.45, 2.75) is 6.92 Å². The van der Waals surface area contributed by atoms with Crippen LogP contribution in [0.15, 0.2) is 36.4 Å². The Morgan fingerprint density at radius 3 is 2.69 bits per heavy atom. The summed E-state index contributed by atoms with van der Waals surface area (Å²) in [6, 6.07) is 9.39. The fraction of sp³-hybridized carbons (Fsp3) is 0.167. The second-order valence-corrected chi connectivity index (χ2v) is 2.95. The summed E-state index contributed by atoms with van der Waals surface area (Å²) < 4.78 is 4.70. The number of rotatable bonds is 4. The van der Waals surface area contributed by atoms with Crippen LogP contribution in [0.5, 0.6) is 0 Å². The van der Waals surface area contributed by atoms with Crippen LogP contribution in [0.2, 0.25) is 0 Å². The minimum atomic E-state index is -0.641. The first-order chi connectivity index (χ1) is 7.77. The number of hydrogen-bond acceptors (Lipinski definition) is 2. The molecule has 4 heteroatoms. The summed E-state index contributed by atoms with van der Waals surface area (Å²) in [5.41, 5.74) is 9.43. The van der Waals surface area contributed by atoms with Gasteiger partial charge in [-0.05, 0) is 18.6 Å². The maximum Gasteiger partial charge on any atom is 0.421 e. The summed E-state index contributed by atoms with van der Waals surface area (Å²) in [7, 11) is 0. The quantitative estimate of drug-likeness (QED) is 0.334. The number of esters is 1. The number of carbonyl (C=O) groups excluding carboxylic acids is 1. The van der Waals surface area contributed by atoms with E-state index in [1.165, 1.54) is 6.08 Å². The zero-order valence-corrected chi connectivity index (χ0v) is 8.96. The number of nitrogens with zero attached hydrogens (tertiary/aromatic N) is 2. The Morgan fingerprint density at radius 1 is 1.44 bits per heavy atom. The van der Waals surface area contributed by atoms with E-state index in [0.717, 1.165) is 5.56 Å². The predicted octanol–water partition coefficient (Wildman–Crippen LogP) is 1.93. The minimum Gasteiger partial charge on any atom is -0.457 e. The molecule has 0 aliphatic carbocycles. The fourth-order valence-corrected chi connectivity index (χ4v) is 1.09. The summed E-state index contributed by atoms with van der Waals surface area (Å²) >= 11 is 0. The van der Waals surface area contributed by atoms with Crippen molar-refractivity contribution in [3.63, 3.8) is 0 Å². The van der Waals surface area contributed by atoms with Crippen LogP contribution >= 0.6 is 0 Å². The lowest BCUT2D eigenvalue weighted by Crippen LogP contribution is -2.16. The van der Waals surface area contributed by atoms with Gasteiger partial charge in [-0.15, -0.1) is 0 Å². The summed E-state index contributed by atoms with van der Waals surface area (Å²) in [4.78, 5) is 14.1. The number of carbonyl (C=O) groups is 1. The first kappa shape index (κ1) is 11.9. The Morgan fingerprint density at radius 2 is 2.12 bits per heavy atom. The molecule has 0 amide bonds. The number of ether oxygens (including phenoxy) is 1. The highest BCUT2D eigenvalue weighted by Gasteiger charge is 2.17. The van der Waals surface area contributed by atoms with Gasteiger partial charge in [0.2, 0.25) is 0 Å². The molecule has 16 heavy (non-hydrogen) atoms. The van der Waals surface area contributed by atoms with Crippen LogP contribution in [-0.4, -0.2) is 23.1 Å². The van der Waals surface area contributed by atoms with Crippen molar-refractivity contribution < 1.29 is 14.3 Å². The van der Waals surface area contributed by atoms with Crippen LogP contribution in [0.25, 0.3) is 11.6 Å². The monoisotopic (exact) mass is 216 g/mol. The molecule has 0 saturated carbocycles. The van der Waals surface area contributed by atoms with Gasteiger partial charge in [-0.25, -0.2) is 4.79 Å². The van der Waals surface area contributed by atoms with Crippen molar-refractivity contribution in [3.05, 3.63) is 47.5 Å². The highest BCUT2D eigenvalue weighted by molar-refractivity contribution is 6.39. The molecule has 0 aromatic heterocycles. The zero-order valence-electron chi connectivity index (χ0n) is 8.96. The molecule has 0 saturated heterocycles. The summed E-state index contributed by atoms with van der Waals surface area (Å²) in [5, 5.41) is 0. The highest BCUT2D eigenvalue weighted by atomic mass is 16.5. The van der Waals surface area contributed by atoms with Gasteiger partial charge < -0.3 is 10.3 Å². The van der Waals surface area contributed by atoms with Crippen LogP contribution < -0.4 is 0 Å². The Balaban J connectivity index is 2.76. The molecular formula is C12H12N2O2. The van der Waals surface area contributed by atoms with Crippen LogP contribution in [-0.2, 0) is 9.53 Å². The molecule has 0 atom stereocenters. The SMILES string of the molecule is CCOC(=O)C(/C=C/c1ccccc1)=[N+]=[N-]. The van der Waals surface area contributed by atoms with Crippen molar-refractivity contribution in [1.82, 2.24) is 0 Å². The molecule has 1 rings (SSSR count). The standard InChI is InChI=1S/C12H12N2O2/c1-2-16-12(15)11(14-13)9-8-10-6-4-3-5-7-10/h3-9H,2H2,1H3/b9-8+. The molecule has 0 fully saturated rings. The Labute approximate surface area is 93.8 Å². The first-order valence-electron chi connectivity index (χ1n) is 4.90. The van der Waals surface area contributed by atoms with E-state index < -0.39 is 5.97 Å². The van der Waals surface area contributed by atoms with Crippen molar-refractivity contribution >= 4 is 17.8 Å². The lowest BCUT2D eigenvalue weighted by Gasteiger charge is -1.93. The molecule has 0 heterocycles. The van der Waals surface area contributed by atoms with Crippen LogP contribution in [0.4, 0.5) is 0 Å². The Bertz CT molecular complexity index is 432. The van der Waals surface area contributed by atoms with Crippen molar-refractivity contribution in [2.75, 3.05) is 6.61 Å². The summed E-state index contributed by atoms with van der Waals surface area (Å²) in [5.74, 6) is -0.641. The number of hydrogen-bond donors (Lipinski definition) is 0. The molecule has 4 nitrogen and oxygen atoms in total. The van der Waals surface area contributed by atoms with E-state index in [0.29, 0.717) is 0 Å². The van der Waals surface area contributed by atoms with Gasteiger partial charge >= 0.3 is 11.7 Å². The topological polar surface area (TPSA) is 62.7 Å². The zero-order chi connectivity index (χ0) is 11.8. The molecular weight excluding hydrogens is 204 g/mol. The molecule has 1 aromatic rings. The molecule has 0 bridgehead atoms. The van der Waals surface area contributed by atoms with Gasteiger partial charge in [0.05, 0.1) is 6.61 Å². The van der Waals surface area contributed by atoms with E-state index in [1.807, 2.05) is 30.3 Å². The van der Waals surface area contributed by atoms with Crippen LogP contribution in [0.1, 0.15) is 12.5 Å². The molecule has 0 aliphatic rings. The van der Waals surface area contributed by atoms with E-state index in [9.17, 15) is 4.79 Å². The van der Waals surface area contributed by atoms with Gasteiger partial charge in [0, 0.05) is 6.08 Å². The van der Waals surface area contributed by atoms with E-state index in [4.69, 9.17) is 10.3 Å². The molecule has 0 N–H and O–H groups in total. The molecule has 0 aliphatic heterocycles. The van der Waals surface area contributed by atoms with E-state index >= 15 is 0 Å². The first-order valence-corrected chi connectivity index (χ1v) is 4.90. The number of benzene rings is 1. The molecule has 0 spiro atoms. The Hall–Kier alpha value is -2.19. The van der Waals surface area contributed by atoms with Crippen LogP contribution in [0.3, 0.4) is 0 Å². The largest absolute Gasteiger partial charge is 0.457 e. The Kier molecular flexibility index (Phi) is 4.70. The second-order valence-electron chi connectivity index (χ2n) is 2.95.